The second kappa shape index (κ2) is 10.1. The number of methoxy groups -OCH3 is 1. The van der Waals surface area contributed by atoms with E-state index in [2.05, 4.69) is 10.6 Å². The Hall–Kier alpha value is -3.12. The fourth-order valence-corrected chi connectivity index (χ4v) is 2.33. The van der Waals surface area contributed by atoms with Crippen LogP contribution >= 0.6 is 0 Å². The van der Waals surface area contributed by atoms with Gasteiger partial charge in [-0.25, -0.2) is 0 Å². The van der Waals surface area contributed by atoms with Crippen LogP contribution in [-0.2, 0) is 4.79 Å². The summed E-state index contributed by atoms with van der Waals surface area (Å²) in [5, 5.41) is 5.57. The van der Waals surface area contributed by atoms with Crippen molar-refractivity contribution in [2.24, 2.45) is 0 Å². The first-order chi connectivity index (χ1) is 13.0. The Morgan fingerprint density at radius 2 is 1.70 bits per heavy atom. The maximum absolute atomic E-state index is 12.6. The SMILES string of the molecule is COc1ccc(/C=C(\NC(=O)c2ccccc2)C(=O)NCC[NH+](C)C)cc1. The molecule has 0 heterocycles. The zero-order chi connectivity index (χ0) is 19.6. The molecule has 27 heavy (non-hydrogen) atoms. The first-order valence-electron chi connectivity index (χ1n) is 8.79. The highest BCUT2D eigenvalue weighted by atomic mass is 16.5. The second-order valence-electron chi connectivity index (χ2n) is 6.36. The number of nitrogens with one attached hydrogen (secondary N) is 3. The minimum atomic E-state index is -0.330. The third-order valence-electron chi connectivity index (χ3n) is 3.87. The van der Waals surface area contributed by atoms with E-state index in [9.17, 15) is 9.59 Å². The van der Waals surface area contributed by atoms with Crippen molar-refractivity contribution in [3.63, 3.8) is 0 Å². The van der Waals surface area contributed by atoms with Crippen LogP contribution in [0, 0.1) is 0 Å². The van der Waals surface area contributed by atoms with Crippen molar-refractivity contribution < 1.29 is 19.2 Å². The topological polar surface area (TPSA) is 71.9 Å². The monoisotopic (exact) mass is 368 g/mol. The fourth-order valence-electron chi connectivity index (χ4n) is 2.33. The van der Waals surface area contributed by atoms with Gasteiger partial charge in [0.05, 0.1) is 34.3 Å². The lowest BCUT2D eigenvalue weighted by atomic mass is 10.1. The van der Waals surface area contributed by atoms with Crippen LogP contribution in [0.5, 0.6) is 5.75 Å². The van der Waals surface area contributed by atoms with Crippen LogP contribution in [0.2, 0.25) is 0 Å². The molecule has 0 unspecified atom stereocenters. The lowest BCUT2D eigenvalue weighted by molar-refractivity contribution is -0.856. The van der Waals surface area contributed by atoms with E-state index in [0.717, 1.165) is 17.9 Å². The number of quaternary nitrogens is 1. The Morgan fingerprint density at radius 1 is 1.04 bits per heavy atom. The van der Waals surface area contributed by atoms with E-state index in [0.29, 0.717) is 12.1 Å². The average Bonchev–Trinajstić information content (AvgIpc) is 2.68. The molecule has 0 saturated carbocycles. The first-order valence-corrected chi connectivity index (χ1v) is 8.79. The molecule has 2 amide bonds. The maximum atomic E-state index is 12.6. The van der Waals surface area contributed by atoms with Crippen molar-refractivity contribution in [2.75, 3.05) is 34.3 Å². The molecule has 0 saturated heterocycles. The summed E-state index contributed by atoms with van der Waals surface area (Å²) in [6.45, 7) is 1.30. The van der Waals surface area contributed by atoms with Gasteiger partial charge in [-0.05, 0) is 35.9 Å². The molecule has 0 spiro atoms. The molecule has 0 aliphatic rings. The molecule has 0 aliphatic heterocycles. The molecule has 142 valence electrons. The zero-order valence-corrected chi connectivity index (χ0v) is 15.9. The van der Waals surface area contributed by atoms with Gasteiger partial charge in [0.15, 0.2) is 0 Å². The van der Waals surface area contributed by atoms with E-state index in [4.69, 9.17) is 4.74 Å². The van der Waals surface area contributed by atoms with Gasteiger partial charge in [-0.15, -0.1) is 0 Å². The number of benzene rings is 2. The molecule has 6 nitrogen and oxygen atoms in total. The summed E-state index contributed by atoms with van der Waals surface area (Å²) < 4.78 is 5.15. The molecular formula is C21H26N3O3+. The fraction of sp³-hybridized carbons (Fsp3) is 0.238. The number of carbonyl (C=O) groups is 2. The van der Waals surface area contributed by atoms with Crippen molar-refractivity contribution in [1.82, 2.24) is 10.6 Å². The van der Waals surface area contributed by atoms with Gasteiger partial charge in [0.25, 0.3) is 11.8 Å². The Morgan fingerprint density at radius 3 is 2.30 bits per heavy atom. The molecule has 0 aliphatic carbocycles. The standard InChI is InChI=1S/C21H25N3O3/c1-24(2)14-13-22-21(26)19(15-16-9-11-18(27-3)12-10-16)23-20(25)17-7-5-4-6-8-17/h4-12,15H,13-14H2,1-3H3,(H,22,26)(H,23,25)/p+1/b19-15-. The van der Waals surface area contributed by atoms with Gasteiger partial charge >= 0.3 is 0 Å². The Labute approximate surface area is 159 Å². The van der Waals surface area contributed by atoms with E-state index in [1.54, 1.807) is 49.6 Å². The zero-order valence-electron chi connectivity index (χ0n) is 15.9. The molecule has 2 rings (SSSR count). The number of amides is 2. The van der Waals surface area contributed by atoms with E-state index in [1.165, 1.54) is 4.90 Å². The molecule has 0 aromatic heterocycles. The highest BCUT2D eigenvalue weighted by Gasteiger charge is 2.14. The quantitative estimate of drug-likeness (QED) is 0.602. The van der Waals surface area contributed by atoms with Gasteiger partial charge in [0.1, 0.15) is 11.4 Å². The molecule has 2 aromatic carbocycles. The average molecular weight is 368 g/mol. The summed E-state index contributed by atoms with van der Waals surface area (Å²) in [4.78, 5) is 26.3. The summed E-state index contributed by atoms with van der Waals surface area (Å²) in [5.41, 5.74) is 1.47. The van der Waals surface area contributed by atoms with Crippen LogP contribution in [0.1, 0.15) is 15.9 Å². The highest BCUT2D eigenvalue weighted by molar-refractivity contribution is 6.05. The minimum absolute atomic E-state index is 0.197. The normalized spacial score (nSPS) is 11.2. The van der Waals surface area contributed by atoms with Gasteiger partial charge in [-0.2, -0.15) is 0 Å². The lowest BCUT2D eigenvalue weighted by Gasteiger charge is -2.12. The molecule has 6 heteroatoms. The van der Waals surface area contributed by atoms with Crippen LogP contribution < -0.4 is 20.3 Å². The van der Waals surface area contributed by atoms with E-state index < -0.39 is 0 Å². The van der Waals surface area contributed by atoms with E-state index in [1.807, 2.05) is 32.3 Å². The Kier molecular flexibility index (Phi) is 7.58. The van der Waals surface area contributed by atoms with Gasteiger partial charge in [0.2, 0.25) is 0 Å². The molecule has 0 atom stereocenters. The van der Waals surface area contributed by atoms with Crippen molar-refractivity contribution in [3.05, 3.63) is 71.4 Å². The predicted molar refractivity (Wildman–Crippen MR) is 106 cm³/mol. The Bertz CT molecular complexity index is 784. The van der Waals surface area contributed by atoms with Crippen LogP contribution in [0.3, 0.4) is 0 Å². The van der Waals surface area contributed by atoms with Gasteiger partial charge < -0.3 is 20.3 Å². The number of hydrogen-bond acceptors (Lipinski definition) is 3. The maximum Gasteiger partial charge on any atom is 0.268 e. The summed E-state index contributed by atoms with van der Waals surface area (Å²) in [6.07, 6.45) is 1.65. The van der Waals surface area contributed by atoms with Crippen molar-refractivity contribution in [2.45, 2.75) is 0 Å². The van der Waals surface area contributed by atoms with Gasteiger partial charge in [-0.1, -0.05) is 30.3 Å². The molecule has 0 fully saturated rings. The lowest BCUT2D eigenvalue weighted by Crippen LogP contribution is -3.06. The number of rotatable bonds is 8. The summed E-state index contributed by atoms with van der Waals surface area (Å²) in [5.74, 6) is 0.0699. The van der Waals surface area contributed by atoms with Crippen molar-refractivity contribution in [3.8, 4) is 5.75 Å². The third kappa shape index (κ3) is 6.60. The molecule has 0 radical (unpaired) electrons. The molecule has 2 aromatic rings. The summed E-state index contributed by atoms with van der Waals surface area (Å²) >= 11 is 0. The van der Waals surface area contributed by atoms with Crippen molar-refractivity contribution in [1.29, 1.82) is 0 Å². The minimum Gasteiger partial charge on any atom is -0.497 e. The Balaban J connectivity index is 2.19. The smallest absolute Gasteiger partial charge is 0.268 e. The largest absolute Gasteiger partial charge is 0.497 e. The van der Waals surface area contributed by atoms with Crippen LogP contribution in [0.4, 0.5) is 0 Å². The van der Waals surface area contributed by atoms with E-state index in [-0.39, 0.29) is 17.5 Å². The van der Waals surface area contributed by atoms with Crippen LogP contribution in [0.25, 0.3) is 6.08 Å². The van der Waals surface area contributed by atoms with Crippen LogP contribution in [0.15, 0.2) is 60.3 Å². The number of carbonyl (C=O) groups excluding carboxylic acids is 2. The molecule has 3 N–H and O–H groups in total. The molecule has 0 bridgehead atoms. The third-order valence-corrected chi connectivity index (χ3v) is 3.87. The second-order valence-corrected chi connectivity index (χ2v) is 6.36. The molecular weight excluding hydrogens is 342 g/mol. The van der Waals surface area contributed by atoms with Crippen LogP contribution in [-0.4, -0.2) is 46.1 Å². The van der Waals surface area contributed by atoms with Gasteiger partial charge in [-0.3, -0.25) is 9.59 Å². The first kappa shape index (κ1) is 20.2. The summed E-state index contributed by atoms with van der Waals surface area (Å²) in [6, 6.07) is 16.0. The highest BCUT2D eigenvalue weighted by Crippen LogP contribution is 2.14. The summed E-state index contributed by atoms with van der Waals surface area (Å²) in [7, 11) is 5.62. The van der Waals surface area contributed by atoms with Crippen molar-refractivity contribution >= 4 is 17.9 Å². The van der Waals surface area contributed by atoms with E-state index >= 15 is 0 Å². The number of likely N-dealkylation sites (N-methyl/N-ethyl adjacent to an activating group) is 1. The number of hydrogen-bond donors (Lipinski definition) is 3. The number of ether oxygens (including phenoxy) is 1. The predicted octanol–water partition coefficient (Wildman–Crippen LogP) is 0.727. The van der Waals surface area contributed by atoms with Gasteiger partial charge in [0, 0.05) is 5.56 Å².